The average Bonchev–Trinajstić information content (AvgIpc) is 2.25. The molecule has 1 N–H and O–H groups in total. The van der Waals surface area contributed by atoms with Gasteiger partial charge in [0.05, 0.1) is 0 Å². The van der Waals surface area contributed by atoms with Crippen LogP contribution in [0.4, 0.5) is 5.82 Å². The second-order valence-corrected chi connectivity index (χ2v) is 6.27. The SMILES string of the molecule is Cc1cc(C)c(C(=O)O)c(N2CCCC(C)(C)C2)n1. The number of rotatable bonds is 2. The lowest BCUT2D eigenvalue weighted by atomic mass is 9.84. The number of hydrogen-bond donors (Lipinski definition) is 1. The molecule has 4 nitrogen and oxygen atoms in total. The Labute approximate surface area is 114 Å². The molecule has 0 aliphatic carbocycles. The van der Waals surface area contributed by atoms with Gasteiger partial charge in [-0.1, -0.05) is 13.8 Å². The van der Waals surface area contributed by atoms with Crippen molar-refractivity contribution in [1.29, 1.82) is 0 Å². The standard InChI is InChI=1S/C15H22N2O2/c1-10-8-11(2)16-13(12(10)14(18)19)17-7-5-6-15(3,4)9-17/h8H,5-7,9H2,1-4H3,(H,18,19). The Morgan fingerprint density at radius 2 is 2.11 bits per heavy atom. The molecule has 0 bridgehead atoms. The minimum absolute atomic E-state index is 0.216. The Hall–Kier alpha value is -1.58. The maximum absolute atomic E-state index is 11.5. The molecule has 1 fully saturated rings. The lowest BCUT2D eigenvalue weighted by Crippen LogP contribution is -2.41. The van der Waals surface area contributed by atoms with E-state index in [9.17, 15) is 9.90 Å². The van der Waals surface area contributed by atoms with Crippen molar-refractivity contribution in [3.8, 4) is 0 Å². The number of carboxylic acid groups (broad SMARTS) is 1. The van der Waals surface area contributed by atoms with Crippen molar-refractivity contribution in [1.82, 2.24) is 4.98 Å². The third kappa shape index (κ3) is 2.88. The van der Waals surface area contributed by atoms with Crippen LogP contribution in [0.25, 0.3) is 0 Å². The number of aromatic carboxylic acids is 1. The summed E-state index contributed by atoms with van der Waals surface area (Å²) >= 11 is 0. The van der Waals surface area contributed by atoms with E-state index in [1.54, 1.807) is 0 Å². The van der Waals surface area contributed by atoms with Crippen LogP contribution in [-0.4, -0.2) is 29.1 Å². The van der Waals surface area contributed by atoms with Gasteiger partial charge >= 0.3 is 5.97 Å². The highest BCUT2D eigenvalue weighted by Gasteiger charge is 2.30. The Morgan fingerprint density at radius 1 is 1.42 bits per heavy atom. The maximum atomic E-state index is 11.5. The Balaban J connectivity index is 2.46. The smallest absolute Gasteiger partial charge is 0.339 e. The highest BCUT2D eigenvalue weighted by Crippen LogP contribution is 2.33. The summed E-state index contributed by atoms with van der Waals surface area (Å²) in [6.07, 6.45) is 2.26. The molecule has 2 heterocycles. The molecule has 4 heteroatoms. The van der Waals surface area contributed by atoms with Crippen LogP contribution in [0.15, 0.2) is 6.07 Å². The number of carboxylic acids is 1. The summed E-state index contributed by atoms with van der Waals surface area (Å²) in [5.74, 6) is -0.249. The van der Waals surface area contributed by atoms with Gasteiger partial charge in [0, 0.05) is 18.8 Å². The molecule has 0 atom stereocenters. The Morgan fingerprint density at radius 3 is 2.68 bits per heavy atom. The molecule has 1 aromatic heterocycles. The molecule has 0 radical (unpaired) electrons. The van der Waals surface area contributed by atoms with Crippen molar-refractivity contribution in [2.45, 2.75) is 40.5 Å². The minimum atomic E-state index is -0.886. The van der Waals surface area contributed by atoms with Gasteiger partial charge in [-0.2, -0.15) is 0 Å². The average molecular weight is 262 g/mol. The topological polar surface area (TPSA) is 53.4 Å². The molecule has 0 unspecified atom stereocenters. The van der Waals surface area contributed by atoms with Gasteiger partial charge in [-0.25, -0.2) is 9.78 Å². The van der Waals surface area contributed by atoms with Gasteiger partial charge < -0.3 is 10.0 Å². The minimum Gasteiger partial charge on any atom is -0.478 e. The molecule has 19 heavy (non-hydrogen) atoms. The molecule has 0 amide bonds. The lowest BCUT2D eigenvalue weighted by molar-refractivity contribution is 0.0696. The number of pyridine rings is 1. The van der Waals surface area contributed by atoms with Crippen LogP contribution in [-0.2, 0) is 0 Å². The van der Waals surface area contributed by atoms with Gasteiger partial charge in [-0.15, -0.1) is 0 Å². The van der Waals surface area contributed by atoms with Gasteiger partial charge in [-0.05, 0) is 43.7 Å². The number of carbonyl (C=O) groups is 1. The summed E-state index contributed by atoms with van der Waals surface area (Å²) in [6.45, 7) is 9.96. The van der Waals surface area contributed by atoms with E-state index in [4.69, 9.17) is 0 Å². The fraction of sp³-hybridized carbons (Fsp3) is 0.600. The van der Waals surface area contributed by atoms with Crippen LogP contribution in [0.5, 0.6) is 0 Å². The van der Waals surface area contributed by atoms with E-state index in [1.807, 2.05) is 19.9 Å². The Kier molecular flexibility index (Phi) is 3.52. The summed E-state index contributed by atoms with van der Waals surface area (Å²) in [4.78, 5) is 18.1. The van der Waals surface area contributed by atoms with E-state index in [0.29, 0.717) is 11.4 Å². The molecule has 0 spiro atoms. The second-order valence-electron chi connectivity index (χ2n) is 6.27. The number of piperidine rings is 1. The largest absolute Gasteiger partial charge is 0.478 e. The molecule has 1 aliphatic heterocycles. The third-order valence-corrected chi connectivity index (χ3v) is 3.74. The number of nitrogens with zero attached hydrogens (tertiary/aromatic N) is 2. The molecular formula is C15H22N2O2. The van der Waals surface area contributed by atoms with Crippen molar-refractivity contribution >= 4 is 11.8 Å². The molecular weight excluding hydrogens is 240 g/mol. The molecule has 1 saturated heterocycles. The zero-order valence-corrected chi connectivity index (χ0v) is 12.2. The summed E-state index contributed by atoms with van der Waals surface area (Å²) < 4.78 is 0. The summed E-state index contributed by atoms with van der Waals surface area (Å²) in [7, 11) is 0. The first-order valence-corrected chi connectivity index (χ1v) is 6.77. The molecule has 104 valence electrons. The van der Waals surface area contributed by atoms with Gasteiger partial charge in [0.15, 0.2) is 0 Å². The van der Waals surface area contributed by atoms with Crippen LogP contribution in [0, 0.1) is 19.3 Å². The molecule has 1 aromatic rings. The third-order valence-electron chi connectivity index (χ3n) is 3.74. The predicted octanol–water partition coefficient (Wildman–Crippen LogP) is 3.02. The maximum Gasteiger partial charge on any atom is 0.339 e. The zero-order chi connectivity index (χ0) is 14.2. The van der Waals surface area contributed by atoms with Crippen molar-refractivity contribution in [2.75, 3.05) is 18.0 Å². The van der Waals surface area contributed by atoms with E-state index < -0.39 is 5.97 Å². The summed E-state index contributed by atoms with van der Waals surface area (Å²) in [5, 5.41) is 9.43. The number of aryl methyl sites for hydroxylation is 2. The lowest BCUT2D eigenvalue weighted by Gasteiger charge is -2.39. The fourth-order valence-corrected chi connectivity index (χ4v) is 2.91. The van der Waals surface area contributed by atoms with E-state index >= 15 is 0 Å². The summed E-state index contributed by atoms with van der Waals surface area (Å²) in [5.41, 5.74) is 2.23. The van der Waals surface area contributed by atoms with Gasteiger partial charge in [0.1, 0.15) is 11.4 Å². The van der Waals surface area contributed by atoms with Crippen LogP contribution >= 0.6 is 0 Å². The first-order valence-electron chi connectivity index (χ1n) is 6.77. The number of hydrogen-bond acceptors (Lipinski definition) is 3. The quantitative estimate of drug-likeness (QED) is 0.890. The highest BCUT2D eigenvalue weighted by atomic mass is 16.4. The predicted molar refractivity (Wildman–Crippen MR) is 75.9 cm³/mol. The normalized spacial score (nSPS) is 18.4. The van der Waals surface area contributed by atoms with Gasteiger partial charge in [-0.3, -0.25) is 0 Å². The highest BCUT2D eigenvalue weighted by molar-refractivity contribution is 5.95. The number of aromatic nitrogens is 1. The molecule has 0 saturated carbocycles. The van der Waals surface area contributed by atoms with Crippen molar-refractivity contribution in [3.05, 3.63) is 22.9 Å². The monoisotopic (exact) mass is 262 g/mol. The van der Waals surface area contributed by atoms with Gasteiger partial charge in [0.2, 0.25) is 0 Å². The number of anilines is 1. The van der Waals surface area contributed by atoms with Crippen LogP contribution in [0.3, 0.4) is 0 Å². The first kappa shape index (κ1) is 13.8. The molecule has 1 aliphatic rings. The second kappa shape index (κ2) is 4.83. The van der Waals surface area contributed by atoms with E-state index in [2.05, 4.69) is 23.7 Å². The van der Waals surface area contributed by atoms with Crippen LogP contribution < -0.4 is 4.90 Å². The molecule has 2 rings (SSSR count). The van der Waals surface area contributed by atoms with E-state index in [0.717, 1.165) is 30.8 Å². The summed E-state index contributed by atoms with van der Waals surface area (Å²) in [6, 6.07) is 1.84. The van der Waals surface area contributed by atoms with Crippen LogP contribution in [0.1, 0.15) is 48.3 Å². The zero-order valence-electron chi connectivity index (χ0n) is 12.2. The van der Waals surface area contributed by atoms with Crippen LogP contribution in [0.2, 0.25) is 0 Å². The van der Waals surface area contributed by atoms with E-state index in [-0.39, 0.29) is 5.41 Å². The molecule has 0 aromatic carbocycles. The fourth-order valence-electron chi connectivity index (χ4n) is 2.91. The van der Waals surface area contributed by atoms with Crippen molar-refractivity contribution < 1.29 is 9.90 Å². The van der Waals surface area contributed by atoms with E-state index in [1.165, 1.54) is 6.42 Å². The van der Waals surface area contributed by atoms with Gasteiger partial charge in [0.25, 0.3) is 0 Å². The van der Waals surface area contributed by atoms with Crippen molar-refractivity contribution in [3.63, 3.8) is 0 Å². The Bertz CT molecular complexity index is 509. The first-order chi connectivity index (χ1) is 8.80. The van der Waals surface area contributed by atoms with Crippen molar-refractivity contribution in [2.24, 2.45) is 5.41 Å².